The van der Waals surface area contributed by atoms with Gasteiger partial charge in [-0.3, -0.25) is 4.79 Å². The number of ether oxygens (including phenoxy) is 1. The Kier molecular flexibility index (Phi) is 6.92. The molecule has 0 amide bonds. The van der Waals surface area contributed by atoms with Crippen molar-refractivity contribution in [2.45, 2.75) is 45.3 Å². The molecule has 1 rings (SSSR count). The van der Waals surface area contributed by atoms with Crippen molar-refractivity contribution in [3.05, 3.63) is 46.5 Å². The van der Waals surface area contributed by atoms with Gasteiger partial charge in [0.05, 0.1) is 16.6 Å². The number of hydrogen-bond acceptors (Lipinski definition) is 3. The fraction of sp³-hybridized carbons (Fsp3) is 0.471. The van der Waals surface area contributed by atoms with E-state index in [-0.39, 0.29) is 24.5 Å². The van der Waals surface area contributed by atoms with Crippen LogP contribution >= 0.6 is 23.2 Å². The Labute approximate surface area is 142 Å². The number of carbonyl (C=O) groups is 1. The van der Waals surface area contributed by atoms with Crippen LogP contribution in [0.25, 0.3) is 0 Å². The van der Waals surface area contributed by atoms with E-state index in [1.807, 2.05) is 45.9 Å². The Morgan fingerprint density at radius 3 is 2.50 bits per heavy atom. The van der Waals surface area contributed by atoms with Gasteiger partial charge in [0.1, 0.15) is 5.60 Å². The topological polar surface area (TPSA) is 38.3 Å². The second-order valence-corrected chi connectivity index (χ2v) is 7.01. The highest BCUT2D eigenvalue weighted by Crippen LogP contribution is 2.28. The molecular formula is C17H23Cl2NO2. The molecule has 5 heteroatoms. The number of rotatable bonds is 6. The molecule has 0 aliphatic carbocycles. The van der Waals surface area contributed by atoms with Crippen molar-refractivity contribution in [3.8, 4) is 0 Å². The summed E-state index contributed by atoms with van der Waals surface area (Å²) >= 11 is 12.0. The number of esters is 1. The Morgan fingerprint density at radius 1 is 1.36 bits per heavy atom. The SMILES string of the molecule is C=CC(c1ccc(Cl)c(Cl)c1)C(C)NCC(=O)OC(C)(C)C. The van der Waals surface area contributed by atoms with Crippen LogP contribution in [0.15, 0.2) is 30.9 Å². The first-order valence-corrected chi connectivity index (χ1v) is 7.92. The molecule has 1 aromatic rings. The number of nitrogens with one attached hydrogen (secondary N) is 1. The number of benzene rings is 1. The lowest BCUT2D eigenvalue weighted by Gasteiger charge is -2.24. The van der Waals surface area contributed by atoms with Gasteiger partial charge < -0.3 is 10.1 Å². The van der Waals surface area contributed by atoms with Gasteiger partial charge in [0, 0.05) is 12.0 Å². The Hall–Kier alpha value is -1.03. The van der Waals surface area contributed by atoms with Crippen LogP contribution in [0.4, 0.5) is 0 Å². The van der Waals surface area contributed by atoms with E-state index in [1.54, 1.807) is 6.07 Å². The maximum atomic E-state index is 11.8. The molecule has 1 N–H and O–H groups in total. The number of halogens is 2. The average Bonchev–Trinajstić information content (AvgIpc) is 2.39. The van der Waals surface area contributed by atoms with Gasteiger partial charge in [-0.1, -0.05) is 35.3 Å². The molecule has 3 nitrogen and oxygen atoms in total. The molecule has 0 aromatic heterocycles. The predicted molar refractivity (Wildman–Crippen MR) is 92.7 cm³/mol. The second kappa shape index (κ2) is 8.00. The van der Waals surface area contributed by atoms with Crippen LogP contribution in [0.2, 0.25) is 10.0 Å². The molecule has 22 heavy (non-hydrogen) atoms. The quantitative estimate of drug-likeness (QED) is 0.606. The molecule has 2 unspecified atom stereocenters. The van der Waals surface area contributed by atoms with Crippen molar-refractivity contribution >= 4 is 29.2 Å². The van der Waals surface area contributed by atoms with Gasteiger partial charge in [0.25, 0.3) is 0 Å². The molecule has 0 heterocycles. The van der Waals surface area contributed by atoms with Gasteiger partial charge in [-0.25, -0.2) is 0 Å². The Balaban J connectivity index is 2.68. The molecule has 0 radical (unpaired) electrons. The molecule has 0 aliphatic rings. The third-order valence-electron chi connectivity index (χ3n) is 3.11. The van der Waals surface area contributed by atoms with Crippen molar-refractivity contribution < 1.29 is 9.53 Å². The summed E-state index contributed by atoms with van der Waals surface area (Å²) in [6.45, 7) is 11.5. The van der Waals surface area contributed by atoms with Crippen LogP contribution in [-0.4, -0.2) is 24.2 Å². The minimum atomic E-state index is -0.483. The zero-order chi connectivity index (χ0) is 16.9. The third kappa shape index (κ3) is 5.99. The summed E-state index contributed by atoms with van der Waals surface area (Å²) in [5.74, 6) is -0.270. The molecule has 0 spiro atoms. The molecular weight excluding hydrogens is 321 g/mol. The molecule has 0 saturated carbocycles. The lowest BCUT2D eigenvalue weighted by molar-refractivity contribution is -0.153. The van der Waals surface area contributed by atoms with E-state index < -0.39 is 5.60 Å². The van der Waals surface area contributed by atoms with Crippen LogP contribution < -0.4 is 5.32 Å². The molecule has 0 aliphatic heterocycles. The standard InChI is InChI=1S/C17H23Cl2NO2/c1-6-13(12-7-8-14(18)15(19)9-12)11(2)20-10-16(21)22-17(3,4)5/h6-9,11,13,20H,1,10H2,2-5H3. The first-order valence-electron chi connectivity index (χ1n) is 7.17. The van der Waals surface area contributed by atoms with Crippen LogP contribution in [0.5, 0.6) is 0 Å². The zero-order valence-corrected chi connectivity index (χ0v) is 15.0. The van der Waals surface area contributed by atoms with Gasteiger partial charge in [0.2, 0.25) is 0 Å². The fourth-order valence-corrected chi connectivity index (χ4v) is 2.40. The number of carbonyl (C=O) groups excluding carboxylic acids is 1. The highest BCUT2D eigenvalue weighted by Gasteiger charge is 2.20. The smallest absolute Gasteiger partial charge is 0.320 e. The summed E-state index contributed by atoms with van der Waals surface area (Å²) in [5, 5.41) is 4.19. The van der Waals surface area contributed by atoms with E-state index in [0.29, 0.717) is 10.0 Å². The number of hydrogen-bond donors (Lipinski definition) is 1. The van der Waals surface area contributed by atoms with E-state index in [1.165, 1.54) is 0 Å². The highest BCUT2D eigenvalue weighted by molar-refractivity contribution is 6.42. The lowest BCUT2D eigenvalue weighted by atomic mass is 9.92. The summed E-state index contributed by atoms with van der Waals surface area (Å²) in [4.78, 5) is 11.8. The van der Waals surface area contributed by atoms with E-state index in [9.17, 15) is 4.79 Å². The molecule has 122 valence electrons. The fourth-order valence-electron chi connectivity index (χ4n) is 2.10. The second-order valence-electron chi connectivity index (χ2n) is 6.19. The van der Waals surface area contributed by atoms with E-state index in [2.05, 4.69) is 11.9 Å². The normalized spacial score (nSPS) is 14.3. The molecule has 0 fully saturated rings. The summed E-state index contributed by atoms with van der Waals surface area (Å²) in [6, 6.07) is 5.49. The maximum Gasteiger partial charge on any atom is 0.320 e. The van der Waals surface area contributed by atoms with Gasteiger partial charge >= 0.3 is 5.97 Å². The molecule has 0 bridgehead atoms. The van der Waals surface area contributed by atoms with E-state index >= 15 is 0 Å². The summed E-state index contributed by atoms with van der Waals surface area (Å²) < 4.78 is 5.28. The minimum absolute atomic E-state index is 0.00209. The first-order chi connectivity index (χ1) is 10.1. The minimum Gasteiger partial charge on any atom is -0.459 e. The van der Waals surface area contributed by atoms with Crippen molar-refractivity contribution in [1.82, 2.24) is 5.32 Å². The summed E-state index contributed by atoms with van der Waals surface area (Å²) in [6.07, 6.45) is 1.83. The highest BCUT2D eigenvalue weighted by atomic mass is 35.5. The lowest BCUT2D eigenvalue weighted by Crippen LogP contribution is -2.38. The van der Waals surface area contributed by atoms with Crippen molar-refractivity contribution in [2.24, 2.45) is 0 Å². The van der Waals surface area contributed by atoms with Gasteiger partial charge in [-0.05, 0) is 45.4 Å². The van der Waals surface area contributed by atoms with Crippen LogP contribution in [0.3, 0.4) is 0 Å². The van der Waals surface area contributed by atoms with Crippen molar-refractivity contribution in [1.29, 1.82) is 0 Å². The molecule has 0 saturated heterocycles. The van der Waals surface area contributed by atoms with Gasteiger partial charge in [0.15, 0.2) is 0 Å². The maximum absolute atomic E-state index is 11.8. The summed E-state index contributed by atoms with van der Waals surface area (Å²) in [5.41, 5.74) is 0.511. The van der Waals surface area contributed by atoms with Gasteiger partial charge in [-0.15, -0.1) is 6.58 Å². The van der Waals surface area contributed by atoms with Crippen LogP contribution in [0.1, 0.15) is 39.2 Å². The van der Waals surface area contributed by atoms with Crippen LogP contribution in [-0.2, 0) is 9.53 Å². The largest absolute Gasteiger partial charge is 0.459 e. The predicted octanol–water partition coefficient (Wildman–Crippen LogP) is 4.58. The zero-order valence-electron chi connectivity index (χ0n) is 13.5. The third-order valence-corrected chi connectivity index (χ3v) is 3.85. The molecule has 1 aromatic carbocycles. The average molecular weight is 344 g/mol. The molecule has 2 atom stereocenters. The first kappa shape index (κ1) is 19.0. The monoisotopic (exact) mass is 343 g/mol. The Bertz CT molecular complexity index is 538. The van der Waals surface area contributed by atoms with E-state index in [4.69, 9.17) is 27.9 Å². The van der Waals surface area contributed by atoms with E-state index in [0.717, 1.165) is 5.56 Å². The summed E-state index contributed by atoms with van der Waals surface area (Å²) in [7, 11) is 0. The van der Waals surface area contributed by atoms with Crippen molar-refractivity contribution in [2.75, 3.05) is 6.54 Å². The van der Waals surface area contributed by atoms with Gasteiger partial charge in [-0.2, -0.15) is 0 Å². The van der Waals surface area contributed by atoms with Crippen LogP contribution in [0, 0.1) is 0 Å². The Morgan fingerprint density at radius 2 is 2.00 bits per heavy atom. The van der Waals surface area contributed by atoms with Crippen molar-refractivity contribution in [3.63, 3.8) is 0 Å².